The number of hydrogen-bond acceptors (Lipinski definition) is 8. The highest BCUT2D eigenvalue weighted by atomic mass is 16.3. The Morgan fingerprint density at radius 3 is 2.52 bits per heavy atom. The number of nitrogens with zero attached hydrogens (tertiary/aromatic N) is 6. The highest BCUT2D eigenvalue weighted by molar-refractivity contribution is 5.97. The van der Waals surface area contributed by atoms with Crippen LogP contribution in [-0.4, -0.2) is 71.3 Å². The van der Waals surface area contributed by atoms with Gasteiger partial charge in [-0.1, -0.05) is 0 Å². The average Bonchev–Trinajstić information content (AvgIpc) is 3.15. The zero-order valence-electron chi connectivity index (χ0n) is 15.0. The largest absolute Gasteiger partial charge is 0.391 e. The summed E-state index contributed by atoms with van der Waals surface area (Å²) in [7, 11) is 0. The van der Waals surface area contributed by atoms with E-state index in [0.717, 1.165) is 31.9 Å². The Balaban J connectivity index is 1.45. The molecule has 0 spiro atoms. The molecular weight excluding hydrogens is 346 g/mol. The molecule has 4 rings (SSSR count). The van der Waals surface area contributed by atoms with E-state index in [1.807, 2.05) is 6.07 Å². The first-order chi connectivity index (χ1) is 13.1. The number of nitrogens with two attached hydrogens (primary N) is 1. The van der Waals surface area contributed by atoms with Gasteiger partial charge in [0, 0.05) is 51.7 Å². The Kier molecular flexibility index (Phi) is 4.76. The molecule has 1 atom stereocenters. The lowest BCUT2D eigenvalue weighted by Crippen LogP contribution is -2.48. The molecule has 2 aliphatic heterocycles. The molecule has 2 aliphatic rings. The van der Waals surface area contributed by atoms with Crippen molar-refractivity contribution in [1.29, 1.82) is 0 Å². The Morgan fingerprint density at radius 1 is 1.04 bits per heavy atom. The van der Waals surface area contributed by atoms with Crippen LogP contribution >= 0.6 is 0 Å². The van der Waals surface area contributed by atoms with E-state index in [4.69, 9.17) is 5.73 Å². The normalized spacial score (nSPS) is 20.2. The Labute approximate surface area is 157 Å². The number of anilines is 3. The first kappa shape index (κ1) is 17.5. The van der Waals surface area contributed by atoms with Crippen molar-refractivity contribution in [3.05, 3.63) is 36.2 Å². The number of β-amino-alcohol motifs (C(OH)–C–C–N with tert-alkyl or cyclic N) is 1. The van der Waals surface area contributed by atoms with Crippen LogP contribution in [0.3, 0.4) is 0 Å². The number of pyridine rings is 1. The first-order valence-corrected chi connectivity index (χ1v) is 9.12. The standard InChI is InChI=1S/C18H23N7O2/c19-16(27)14-2-1-5-20-17(14)23-8-10-24(11-9-23)18-21-6-3-15(22-18)25-7-4-13(26)12-25/h1-3,5-6,13,26H,4,7-12H2,(H2,19,27)/t13-/m1/s1. The monoisotopic (exact) mass is 369 g/mol. The van der Waals surface area contributed by atoms with Gasteiger partial charge < -0.3 is 25.5 Å². The van der Waals surface area contributed by atoms with Crippen LogP contribution in [0.25, 0.3) is 0 Å². The summed E-state index contributed by atoms with van der Waals surface area (Å²) in [6.07, 6.45) is 3.92. The van der Waals surface area contributed by atoms with Crippen LogP contribution in [0.5, 0.6) is 0 Å². The van der Waals surface area contributed by atoms with Gasteiger partial charge in [0.15, 0.2) is 0 Å². The summed E-state index contributed by atoms with van der Waals surface area (Å²) in [5.74, 6) is 1.69. The van der Waals surface area contributed by atoms with Crippen molar-refractivity contribution in [3.8, 4) is 0 Å². The van der Waals surface area contributed by atoms with Crippen molar-refractivity contribution in [3.63, 3.8) is 0 Å². The number of piperazine rings is 1. The third-order valence-corrected chi connectivity index (χ3v) is 5.03. The highest BCUT2D eigenvalue weighted by Gasteiger charge is 2.25. The van der Waals surface area contributed by atoms with Crippen molar-refractivity contribution in [2.75, 3.05) is 54.0 Å². The van der Waals surface area contributed by atoms with Crippen molar-refractivity contribution < 1.29 is 9.90 Å². The number of carbonyl (C=O) groups is 1. The number of aliphatic hydroxyl groups excluding tert-OH is 1. The lowest BCUT2D eigenvalue weighted by Gasteiger charge is -2.36. The van der Waals surface area contributed by atoms with E-state index >= 15 is 0 Å². The first-order valence-electron chi connectivity index (χ1n) is 9.12. The molecule has 0 bridgehead atoms. The summed E-state index contributed by atoms with van der Waals surface area (Å²) < 4.78 is 0. The van der Waals surface area contributed by atoms with Crippen LogP contribution < -0.4 is 20.4 Å². The van der Waals surface area contributed by atoms with E-state index < -0.39 is 5.91 Å². The predicted octanol–water partition coefficient (Wildman–Crippen LogP) is -0.132. The summed E-state index contributed by atoms with van der Waals surface area (Å²) in [6.45, 7) is 4.27. The molecule has 0 radical (unpaired) electrons. The molecule has 142 valence electrons. The topological polar surface area (TPSA) is 112 Å². The average molecular weight is 369 g/mol. The highest BCUT2D eigenvalue weighted by Crippen LogP contribution is 2.23. The molecule has 9 nitrogen and oxygen atoms in total. The molecule has 2 aromatic rings. The SMILES string of the molecule is NC(=O)c1cccnc1N1CCN(c2nccc(N3CC[C@@H](O)C3)n2)CC1. The van der Waals surface area contributed by atoms with Crippen LogP contribution in [0.4, 0.5) is 17.6 Å². The maximum Gasteiger partial charge on any atom is 0.252 e. The van der Waals surface area contributed by atoms with Gasteiger partial charge in [-0.15, -0.1) is 0 Å². The lowest BCUT2D eigenvalue weighted by atomic mass is 10.2. The number of primary amides is 1. The van der Waals surface area contributed by atoms with Crippen molar-refractivity contribution >= 4 is 23.5 Å². The maximum atomic E-state index is 11.6. The van der Waals surface area contributed by atoms with Crippen molar-refractivity contribution in [1.82, 2.24) is 15.0 Å². The quantitative estimate of drug-likeness (QED) is 0.766. The minimum absolute atomic E-state index is 0.287. The van der Waals surface area contributed by atoms with Gasteiger partial charge in [0.2, 0.25) is 5.95 Å². The molecule has 9 heteroatoms. The van der Waals surface area contributed by atoms with Gasteiger partial charge >= 0.3 is 0 Å². The van der Waals surface area contributed by atoms with Gasteiger partial charge in [-0.3, -0.25) is 4.79 Å². The molecule has 27 heavy (non-hydrogen) atoms. The van der Waals surface area contributed by atoms with E-state index in [-0.39, 0.29) is 6.10 Å². The molecule has 0 aromatic carbocycles. The summed E-state index contributed by atoms with van der Waals surface area (Å²) in [4.78, 5) is 31.3. The summed E-state index contributed by atoms with van der Waals surface area (Å²) in [5.41, 5.74) is 5.91. The maximum absolute atomic E-state index is 11.6. The van der Waals surface area contributed by atoms with Gasteiger partial charge in [0.1, 0.15) is 11.6 Å². The molecule has 0 saturated carbocycles. The summed E-state index contributed by atoms with van der Waals surface area (Å²) in [5, 5.41) is 9.74. The molecule has 2 aromatic heterocycles. The number of aromatic nitrogens is 3. The number of amides is 1. The molecule has 0 aliphatic carbocycles. The van der Waals surface area contributed by atoms with Gasteiger partial charge in [-0.2, -0.15) is 4.98 Å². The Bertz CT molecular complexity index is 823. The lowest BCUT2D eigenvalue weighted by molar-refractivity contribution is 0.100. The Morgan fingerprint density at radius 2 is 1.81 bits per heavy atom. The van der Waals surface area contributed by atoms with E-state index in [2.05, 4.69) is 29.7 Å². The predicted molar refractivity (Wildman–Crippen MR) is 102 cm³/mol. The van der Waals surface area contributed by atoms with Gasteiger partial charge in [-0.05, 0) is 24.6 Å². The second kappa shape index (κ2) is 7.36. The molecule has 1 amide bonds. The molecule has 2 fully saturated rings. The molecule has 3 N–H and O–H groups in total. The molecule has 4 heterocycles. The number of rotatable bonds is 4. The third-order valence-electron chi connectivity index (χ3n) is 5.03. The van der Waals surface area contributed by atoms with E-state index in [9.17, 15) is 9.90 Å². The number of carbonyl (C=O) groups excluding carboxylic acids is 1. The van der Waals surface area contributed by atoms with Crippen LogP contribution in [0, 0.1) is 0 Å². The van der Waals surface area contributed by atoms with E-state index in [1.54, 1.807) is 24.5 Å². The minimum Gasteiger partial charge on any atom is -0.391 e. The van der Waals surface area contributed by atoms with Crippen LogP contribution in [-0.2, 0) is 0 Å². The molecular formula is C18H23N7O2. The van der Waals surface area contributed by atoms with Crippen LogP contribution in [0.15, 0.2) is 30.6 Å². The minimum atomic E-state index is -0.468. The second-order valence-corrected chi connectivity index (χ2v) is 6.82. The fourth-order valence-corrected chi connectivity index (χ4v) is 3.58. The summed E-state index contributed by atoms with van der Waals surface area (Å²) in [6, 6.07) is 5.30. The van der Waals surface area contributed by atoms with Crippen LogP contribution in [0.1, 0.15) is 16.8 Å². The number of hydrogen-bond donors (Lipinski definition) is 2. The number of aliphatic hydroxyl groups is 1. The smallest absolute Gasteiger partial charge is 0.252 e. The van der Waals surface area contributed by atoms with E-state index in [1.165, 1.54) is 0 Å². The second-order valence-electron chi connectivity index (χ2n) is 6.82. The van der Waals surface area contributed by atoms with Gasteiger partial charge in [-0.25, -0.2) is 9.97 Å². The zero-order valence-corrected chi connectivity index (χ0v) is 15.0. The molecule has 2 saturated heterocycles. The van der Waals surface area contributed by atoms with Gasteiger partial charge in [0.05, 0.1) is 11.7 Å². The third kappa shape index (κ3) is 3.63. The fourth-order valence-electron chi connectivity index (χ4n) is 3.58. The van der Waals surface area contributed by atoms with Crippen molar-refractivity contribution in [2.24, 2.45) is 5.73 Å². The van der Waals surface area contributed by atoms with Gasteiger partial charge in [0.25, 0.3) is 5.91 Å². The van der Waals surface area contributed by atoms with Crippen LogP contribution in [0.2, 0.25) is 0 Å². The fraction of sp³-hybridized carbons (Fsp3) is 0.444. The summed E-state index contributed by atoms with van der Waals surface area (Å²) >= 11 is 0. The van der Waals surface area contributed by atoms with E-state index in [0.29, 0.717) is 37.0 Å². The Hall–Kier alpha value is -2.94. The molecule has 0 unspecified atom stereocenters. The zero-order chi connectivity index (χ0) is 18.8. The van der Waals surface area contributed by atoms with Crippen molar-refractivity contribution in [2.45, 2.75) is 12.5 Å².